The van der Waals surface area contributed by atoms with E-state index >= 15 is 0 Å². The molecule has 0 rings (SSSR count). The maximum Gasteiger partial charge on any atom is 0.0517 e. The van der Waals surface area contributed by atoms with Gasteiger partial charge in [-0.25, -0.2) is 0 Å². The second-order valence-electron chi connectivity index (χ2n) is 6.01. The van der Waals surface area contributed by atoms with Gasteiger partial charge < -0.3 is 4.74 Å². The molecule has 14 heavy (non-hydrogen) atoms. The van der Waals surface area contributed by atoms with Gasteiger partial charge in [-0.1, -0.05) is 48.0 Å². The molecule has 0 aromatic heterocycles. The zero-order valence-electron chi connectivity index (χ0n) is 10.9. The number of hydrogen-bond donors (Lipinski definition) is 0. The Kier molecular flexibility index (Phi) is 6.43. The van der Waals surface area contributed by atoms with Crippen LogP contribution in [0.1, 0.15) is 54.4 Å². The van der Waals surface area contributed by atoms with Gasteiger partial charge in [0.2, 0.25) is 0 Å². The fraction of sp³-hybridized carbons (Fsp3) is 1.00. The molecule has 0 amide bonds. The van der Waals surface area contributed by atoms with Crippen LogP contribution in [0.25, 0.3) is 0 Å². The largest absolute Gasteiger partial charge is 0.381 e. The van der Waals surface area contributed by atoms with Gasteiger partial charge >= 0.3 is 0 Å². The fourth-order valence-electron chi connectivity index (χ4n) is 1.32. The van der Waals surface area contributed by atoms with E-state index in [0.717, 1.165) is 19.1 Å². The van der Waals surface area contributed by atoms with Crippen molar-refractivity contribution < 1.29 is 4.74 Å². The monoisotopic (exact) mass is 200 g/mol. The van der Waals surface area contributed by atoms with E-state index < -0.39 is 0 Å². The zero-order valence-corrected chi connectivity index (χ0v) is 10.9. The molecule has 0 radical (unpaired) electrons. The van der Waals surface area contributed by atoms with Crippen LogP contribution in [-0.4, -0.2) is 13.2 Å². The molecular weight excluding hydrogens is 172 g/mol. The lowest BCUT2D eigenvalue weighted by Crippen LogP contribution is -2.21. The third kappa shape index (κ3) is 8.55. The molecule has 0 saturated heterocycles. The van der Waals surface area contributed by atoms with Gasteiger partial charge in [-0.2, -0.15) is 0 Å². The first kappa shape index (κ1) is 14.0. The highest BCUT2D eigenvalue weighted by Crippen LogP contribution is 2.25. The number of hydrogen-bond acceptors (Lipinski definition) is 1. The van der Waals surface area contributed by atoms with Gasteiger partial charge in [0.1, 0.15) is 0 Å². The summed E-state index contributed by atoms with van der Waals surface area (Å²) >= 11 is 0. The van der Waals surface area contributed by atoms with Crippen molar-refractivity contribution in [3.05, 3.63) is 0 Å². The van der Waals surface area contributed by atoms with Gasteiger partial charge in [-0.15, -0.1) is 0 Å². The molecule has 0 aliphatic carbocycles. The minimum atomic E-state index is 0.346. The van der Waals surface area contributed by atoms with Gasteiger partial charge in [0.15, 0.2) is 0 Å². The van der Waals surface area contributed by atoms with E-state index in [2.05, 4.69) is 41.5 Å². The molecule has 0 bridgehead atoms. The Labute approximate surface area is 90.2 Å². The minimum absolute atomic E-state index is 0.346. The zero-order chi connectivity index (χ0) is 11.2. The minimum Gasteiger partial charge on any atom is -0.381 e. The Morgan fingerprint density at radius 2 is 1.57 bits per heavy atom. The molecule has 0 atom stereocenters. The molecule has 0 saturated carbocycles. The highest BCUT2D eigenvalue weighted by Gasteiger charge is 2.18. The molecule has 0 aromatic carbocycles. The van der Waals surface area contributed by atoms with Crippen LogP contribution in [0.15, 0.2) is 0 Å². The first-order chi connectivity index (χ1) is 6.33. The van der Waals surface area contributed by atoms with Gasteiger partial charge in [-0.05, 0) is 23.7 Å². The summed E-state index contributed by atoms with van der Waals surface area (Å²) in [4.78, 5) is 0. The molecule has 0 fully saturated rings. The maximum atomic E-state index is 5.69. The molecular formula is C13H28O. The Balaban J connectivity index is 3.61. The summed E-state index contributed by atoms with van der Waals surface area (Å²) in [6.45, 7) is 15.4. The normalized spacial score (nSPS) is 12.9. The summed E-state index contributed by atoms with van der Waals surface area (Å²) in [6, 6.07) is 0. The van der Waals surface area contributed by atoms with E-state index in [9.17, 15) is 0 Å². The summed E-state index contributed by atoms with van der Waals surface area (Å²) in [5.74, 6) is 1.45. The first-order valence-electron chi connectivity index (χ1n) is 5.91. The Morgan fingerprint density at radius 3 is 2.00 bits per heavy atom. The van der Waals surface area contributed by atoms with E-state index in [0.29, 0.717) is 11.3 Å². The van der Waals surface area contributed by atoms with Gasteiger partial charge in [0.25, 0.3) is 0 Å². The lowest BCUT2D eigenvalue weighted by atomic mass is 9.86. The van der Waals surface area contributed by atoms with Crippen LogP contribution in [0.5, 0.6) is 0 Å². The van der Waals surface area contributed by atoms with E-state index in [1.807, 2.05) is 0 Å². The molecule has 0 aromatic rings. The molecule has 1 heteroatoms. The van der Waals surface area contributed by atoms with Crippen molar-refractivity contribution in [2.45, 2.75) is 54.4 Å². The number of ether oxygens (including phenoxy) is 1. The molecule has 1 nitrogen and oxygen atoms in total. The van der Waals surface area contributed by atoms with Crippen molar-refractivity contribution in [3.8, 4) is 0 Å². The Morgan fingerprint density at radius 1 is 1.00 bits per heavy atom. The summed E-state index contributed by atoms with van der Waals surface area (Å²) < 4.78 is 5.69. The smallest absolute Gasteiger partial charge is 0.0517 e. The van der Waals surface area contributed by atoms with Crippen LogP contribution in [0.2, 0.25) is 0 Å². The van der Waals surface area contributed by atoms with Gasteiger partial charge in [-0.3, -0.25) is 0 Å². The van der Waals surface area contributed by atoms with E-state index in [-0.39, 0.29) is 0 Å². The second kappa shape index (κ2) is 6.44. The Hall–Kier alpha value is -0.0400. The molecule has 0 unspecified atom stereocenters. The SMILES string of the molecule is CC(C)CCC(C)(C)COCC(C)C. The summed E-state index contributed by atoms with van der Waals surface area (Å²) in [7, 11) is 0. The fourth-order valence-corrected chi connectivity index (χ4v) is 1.32. The average Bonchev–Trinajstić information content (AvgIpc) is 2.00. The van der Waals surface area contributed by atoms with Crippen LogP contribution in [0.3, 0.4) is 0 Å². The third-order valence-corrected chi connectivity index (χ3v) is 2.34. The van der Waals surface area contributed by atoms with Crippen LogP contribution in [0, 0.1) is 17.3 Å². The van der Waals surface area contributed by atoms with Crippen molar-refractivity contribution in [1.82, 2.24) is 0 Å². The van der Waals surface area contributed by atoms with E-state index in [4.69, 9.17) is 4.74 Å². The predicted octanol–water partition coefficient (Wildman–Crippen LogP) is 4.12. The molecule has 0 aliphatic rings. The summed E-state index contributed by atoms with van der Waals surface area (Å²) in [6.07, 6.45) is 2.57. The second-order valence-corrected chi connectivity index (χ2v) is 6.01. The highest BCUT2D eigenvalue weighted by molar-refractivity contribution is 4.68. The first-order valence-corrected chi connectivity index (χ1v) is 5.91. The van der Waals surface area contributed by atoms with Crippen molar-refractivity contribution in [3.63, 3.8) is 0 Å². The van der Waals surface area contributed by atoms with Crippen molar-refractivity contribution >= 4 is 0 Å². The van der Waals surface area contributed by atoms with Crippen LogP contribution >= 0.6 is 0 Å². The van der Waals surface area contributed by atoms with Gasteiger partial charge in [0, 0.05) is 6.61 Å². The van der Waals surface area contributed by atoms with Gasteiger partial charge in [0.05, 0.1) is 6.61 Å². The summed E-state index contributed by atoms with van der Waals surface area (Å²) in [5.41, 5.74) is 0.346. The molecule has 0 spiro atoms. The van der Waals surface area contributed by atoms with Crippen LogP contribution in [0.4, 0.5) is 0 Å². The third-order valence-electron chi connectivity index (χ3n) is 2.34. The van der Waals surface area contributed by atoms with Crippen LogP contribution < -0.4 is 0 Å². The van der Waals surface area contributed by atoms with Crippen molar-refractivity contribution in [1.29, 1.82) is 0 Å². The topological polar surface area (TPSA) is 9.23 Å². The molecule has 0 N–H and O–H groups in total. The molecule has 86 valence electrons. The summed E-state index contributed by atoms with van der Waals surface area (Å²) in [5, 5.41) is 0. The van der Waals surface area contributed by atoms with Crippen molar-refractivity contribution in [2.75, 3.05) is 13.2 Å². The average molecular weight is 200 g/mol. The highest BCUT2D eigenvalue weighted by atomic mass is 16.5. The maximum absolute atomic E-state index is 5.69. The van der Waals surface area contributed by atoms with E-state index in [1.54, 1.807) is 0 Å². The molecule has 0 aliphatic heterocycles. The van der Waals surface area contributed by atoms with Crippen molar-refractivity contribution in [2.24, 2.45) is 17.3 Å². The quantitative estimate of drug-likeness (QED) is 0.600. The Bertz CT molecular complexity index is 136. The van der Waals surface area contributed by atoms with Crippen LogP contribution in [-0.2, 0) is 4.74 Å². The number of rotatable bonds is 7. The standard InChI is InChI=1S/C13H28O/c1-11(2)7-8-13(5,6)10-14-9-12(3)4/h11-12H,7-10H2,1-6H3. The lowest BCUT2D eigenvalue weighted by molar-refractivity contribution is 0.0404. The van der Waals surface area contributed by atoms with E-state index in [1.165, 1.54) is 12.8 Å². The predicted molar refractivity (Wildman–Crippen MR) is 63.5 cm³/mol. The molecule has 0 heterocycles. The lowest BCUT2D eigenvalue weighted by Gasteiger charge is -2.25.